The number of Topliss-reactive ketones (excluding diaryl/α,β-unsaturated/α-hetero) is 1. The number of amides is 3. The zero-order chi connectivity index (χ0) is 24.6. The number of benzene rings is 2. The molecule has 1 saturated carbocycles. The molecule has 0 bridgehead atoms. The highest BCUT2D eigenvalue weighted by Crippen LogP contribution is 2.22. The molecule has 1 heterocycles. The standard InChI is InChI=1S/C28H33N3O4/c32-25-17-16-24(31(25)19-21-12-6-2-7-13-21)27(34)30-23(18-20-10-4-1-5-11-20)26(33)28(35)29-22-14-8-3-9-15-22/h1-2,4-7,10-13,22-24H,3,8-9,14-19H2,(H,29,35)(H,30,34)/t23?,24-/m1/s1. The van der Waals surface area contributed by atoms with E-state index in [1.54, 1.807) is 4.90 Å². The van der Waals surface area contributed by atoms with Gasteiger partial charge in [-0.3, -0.25) is 19.2 Å². The molecule has 184 valence electrons. The number of ketones is 1. The van der Waals surface area contributed by atoms with Gasteiger partial charge in [-0.1, -0.05) is 79.9 Å². The maximum absolute atomic E-state index is 13.3. The quantitative estimate of drug-likeness (QED) is 0.545. The summed E-state index contributed by atoms with van der Waals surface area (Å²) in [7, 11) is 0. The number of nitrogens with zero attached hydrogens (tertiary/aromatic N) is 1. The molecule has 4 rings (SSSR count). The molecule has 1 aliphatic carbocycles. The molecule has 2 N–H and O–H groups in total. The van der Waals surface area contributed by atoms with E-state index < -0.39 is 29.7 Å². The van der Waals surface area contributed by atoms with Crippen molar-refractivity contribution in [2.75, 3.05) is 0 Å². The van der Waals surface area contributed by atoms with Crippen LogP contribution in [0.3, 0.4) is 0 Å². The number of rotatable bonds is 9. The molecular weight excluding hydrogens is 442 g/mol. The first kappa shape index (κ1) is 24.6. The van der Waals surface area contributed by atoms with E-state index >= 15 is 0 Å². The van der Waals surface area contributed by atoms with Gasteiger partial charge in [0.1, 0.15) is 12.1 Å². The Morgan fingerprint density at radius 2 is 1.49 bits per heavy atom. The lowest BCUT2D eigenvalue weighted by Gasteiger charge is -2.27. The number of carbonyl (C=O) groups is 4. The minimum atomic E-state index is -0.997. The molecule has 7 nitrogen and oxygen atoms in total. The van der Waals surface area contributed by atoms with Gasteiger partial charge in [0.25, 0.3) is 5.91 Å². The third-order valence-electron chi connectivity index (χ3n) is 6.91. The van der Waals surface area contributed by atoms with Gasteiger partial charge in [0.2, 0.25) is 17.6 Å². The van der Waals surface area contributed by atoms with Gasteiger partial charge in [-0.05, 0) is 30.4 Å². The fraction of sp³-hybridized carbons (Fsp3) is 0.429. The molecule has 0 aromatic heterocycles. The van der Waals surface area contributed by atoms with Crippen LogP contribution in [0.25, 0.3) is 0 Å². The Labute approximate surface area is 206 Å². The van der Waals surface area contributed by atoms with Crippen LogP contribution in [0.5, 0.6) is 0 Å². The van der Waals surface area contributed by atoms with E-state index in [0.29, 0.717) is 13.0 Å². The molecule has 1 unspecified atom stereocenters. The first-order valence-electron chi connectivity index (χ1n) is 12.5. The monoisotopic (exact) mass is 475 g/mol. The first-order valence-corrected chi connectivity index (χ1v) is 12.5. The maximum atomic E-state index is 13.3. The van der Waals surface area contributed by atoms with Crippen LogP contribution in [0.2, 0.25) is 0 Å². The van der Waals surface area contributed by atoms with E-state index in [4.69, 9.17) is 0 Å². The van der Waals surface area contributed by atoms with Gasteiger partial charge in [0.05, 0.1) is 0 Å². The smallest absolute Gasteiger partial charge is 0.289 e. The first-order chi connectivity index (χ1) is 17.0. The summed E-state index contributed by atoms with van der Waals surface area (Å²) in [5.74, 6) is -1.78. The molecule has 2 aliphatic rings. The number of hydrogen-bond donors (Lipinski definition) is 2. The van der Waals surface area contributed by atoms with E-state index in [1.165, 1.54) is 0 Å². The summed E-state index contributed by atoms with van der Waals surface area (Å²) in [6.07, 6.45) is 5.84. The molecule has 3 amide bonds. The van der Waals surface area contributed by atoms with Crippen LogP contribution in [0, 0.1) is 0 Å². The summed E-state index contributed by atoms with van der Waals surface area (Å²) in [5.41, 5.74) is 1.78. The highest BCUT2D eigenvalue weighted by molar-refractivity contribution is 6.38. The lowest BCUT2D eigenvalue weighted by Crippen LogP contribution is -2.54. The molecule has 1 aliphatic heterocycles. The van der Waals surface area contributed by atoms with Crippen LogP contribution in [-0.4, -0.2) is 46.5 Å². The van der Waals surface area contributed by atoms with Gasteiger partial charge in [-0.2, -0.15) is 0 Å². The van der Waals surface area contributed by atoms with Crippen molar-refractivity contribution >= 4 is 23.5 Å². The van der Waals surface area contributed by atoms with Gasteiger partial charge in [-0.15, -0.1) is 0 Å². The Morgan fingerprint density at radius 1 is 0.857 bits per heavy atom. The second kappa shape index (κ2) is 11.8. The predicted octanol–water partition coefficient (Wildman–Crippen LogP) is 2.92. The molecule has 7 heteroatoms. The molecule has 2 atom stereocenters. The topological polar surface area (TPSA) is 95.6 Å². The fourth-order valence-corrected chi connectivity index (χ4v) is 4.97. The predicted molar refractivity (Wildman–Crippen MR) is 132 cm³/mol. The van der Waals surface area contributed by atoms with Crippen LogP contribution in [0.15, 0.2) is 60.7 Å². The third kappa shape index (κ3) is 6.56. The molecule has 1 saturated heterocycles. The van der Waals surface area contributed by atoms with E-state index in [1.807, 2.05) is 60.7 Å². The van der Waals surface area contributed by atoms with Crippen LogP contribution in [-0.2, 0) is 32.1 Å². The average Bonchev–Trinajstić information content (AvgIpc) is 3.25. The van der Waals surface area contributed by atoms with Gasteiger partial charge < -0.3 is 15.5 Å². The Hall–Kier alpha value is -3.48. The van der Waals surface area contributed by atoms with Crippen molar-refractivity contribution in [3.63, 3.8) is 0 Å². The van der Waals surface area contributed by atoms with Crippen molar-refractivity contribution in [2.45, 2.75) is 76.0 Å². The maximum Gasteiger partial charge on any atom is 0.289 e. The van der Waals surface area contributed by atoms with Crippen LogP contribution < -0.4 is 10.6 Å². The summed E-state index contributed by atoms with van der Waals surface area (Å²) in [5, 5.41) is 5.69. The molecule has 0 radical (unpaired) electrons. The van der Waals surface area contributed by atoms with Crippen LogP contribution >= 0.6 is 0 Å². The Bertz CT molecular complexity index is 1030. The number of carbonyl (C=O) groups excluding carboxylic acids is 4. The molecule has 0 spiro atoms. The summed E-state index contributed by atoms with van der Waals surface area (Å²) < 4.78 is 0. The van der Waals surface area contributed by atoms with Crippen molar-refractivity contribution in [1.82, 2.24) is 15.5 Å². The van der Waals surface area contributed by atoms with E-state index in [-0.39, 0.29) is 24.8 Å². The summed E-state index contributed by atoms with van der Waals surface area (Å²) in [4.78, 5) is 53.5. The highest BCUT2D eigenvalue weighted by atomic mass is 16.2. The number of likely N-dealkylation sites (tertiary alicyclic amines) is 1. The van der Waals surface area contributed by atoms with Gasteiger partial charge in [0, 0.05) is 25.4 Å². The zero-order valence-corrected chi connectivity index (χ0v) is 19.9. The lowest BCUT2D eigenvalue weighted by molar-refractivity contribution is -0.141. The minimum absolute atomic E-state index is 0.00194. The van der Waals surface area contributed by atoms with Crippen molar-refractivity contribution in [2.24, 2.45) is 0 Å². The van der Waals surface area contributed by atoms with E-state index in [0.717, 1.165) is 43.2 Å². The Balaban J connectivity index is 1.47. The number of hydrogen-bond acceptors (Lipinski definition) is 4. The highest BCUT2D eigenvalue weighted by Gasteiger charge is 2.38. The van der Waals surface area contributed by atoms with Crippen LogP contribution in [0.4, 0.5) is 0 Å². The van der Waals surface area contributed by atoms with Crippen molar-refractivity contribution < 1.29 is 19.2 Å². The summed E-state index contributed by atoms with van der Waals surface area (Å²) in [6, 6.07) is 17.2. The van der Waals surface area contributed by atoms with Gasteiger partial charge in [-0.25, -0.2) is 0 Å². The van der Waals surface area contributed by atoms with Gasteiger partial charge >= 0.3 is 0 Å². The van der Waals surface area contributed by atoms with Crippen molar-refractivity contribution in [1.29, 1.82) is 0 Å². The molecule has 2 aromatic rings. The molecular formula is C28H33N3O4. The fourth-order valence-electron chi connectivity index (χ4n) is 4.97. The lowest BCUT2D eigenvalue weighted by atomic mass is 9.95. The van der Waals surface area contributed by atoms with Crippen molar-refractivity contribution in [3.8, 4) is 0 Å². The average molecular weight is 476 g/mol. The Morgan fingerprint density at radius 3 is 2.14 bits per heavy atom. The third-order valence-corrected chi connectivity index (χ3v) is 6.91. The zero-order valence-electron chi connectivity index (χ0n) is 19.9. The van der Waals surface area contributed by atoms with E-state index in [2.05, 4.69) is 10.6 Å². The van der Waals surface area contributed by atoms with Crippen molar-refractivity contribution in [3.05, 3.63) is 71.8 Å². The molecule has 2 aromatic carbocycles. The summed E-state index contributed by atoms with van der Waals surface area (Å²) in [6.45, 7) is 0.331. The largest absolute Gasteiger partial charge is 0.347 e. The SMILES string of the molecule is O=C(NC1CCCCC1)C(=O)C(Cc1ccccc1)NC(=O)[C@H]1CCC(=O)N1Cc1ccccc1. The minimum Gasteiger partial charge on any atom is -0.347 e. The molecule has 35 heavy (non-hydrogen) atoms. The summed E-state index contributed by atoms with van der Waals surface area (Å²) >= 11 is 0. The van der Waals surface area contributed by atoms with Gasteiger partial charge in [0.15, 0.2) is 0 Å². The normalized spacial score (nSPS) is 19.3. The second-order valence-corrected chi connectivity index (χ2v) is 9.49. The second-order valence-electron chi connectivity index (χ2n) is 9.49. The number of nitrogens with one attached hydrogen (secondary N) is 2. The Kier molecular flexibility index (Phi) is 8.29. The van der Waals surface area contributed by atoms with Crippen LogP contribution in [0.1, 0.15) is 56.1 Å². The van der Waals surface area contributed by atoms with E-state index in [9.17, 15) is 19.2 Å². The molecule has 2 fully saturated rings.